The molecule has 146 valence electrons. The lowest BCUT2D eigenvalue weighted by Crippen LogP contribution is -2.35. The van der Waals surface area contributed by atoms with E-state index < -0.39 is 0 Å². The van der Waals surface area contributed by atoms with E-state index in [0.29, 0.717) is 19.1 Å². The summed E-state index contributed by atoms with van der Waals surface area (Å²) in [5.41, 5.74) is 1.23. The fraction of sp³-hybridized carbons (Fsp3) is 0.696. The molecule has 0 bridgehead atoms. The van der Waals surface area contributed by atoms with Crippen LogP contribution in [0.2, 0.25) is 0 Å². The summed E-state index contributed by atoms with van der Waals surface area (Å²) in [6.45, 7) is 2.66. The van der Waals surface area contributed by atoms with E-state index in [-0.39, 0.29) is 5.91 Å². The maximum Gasteiger partial charge on any atom is 0.220 e. The fourth-order valence-electron chi connectivity index (χ4n) is 3.66. The number of carbonyl (C=O) groups excluding carboxylic acids is 1. The van der Waals surface area contributed by atoms with Gasteiger partial charge in [0.15, 0.2) is 0 Å². The minimum atomic E-state index is 0.189. The van der Waals surface area contributed by atoms with Crippen LogP contribution in [-0.4, -0.2) is 18.6 Å². The summed E-state index contributed by atoms with van der Waals surface area (Å²) < 4.78 is 5.71. The Morgan fingerprint density at radius 1 is 0.923 bits per heavy atom. The number of hydrogen-bond donors (Lipinski definition) is 1. The maximum absolute atomic E-state index is 12.3. The smallest absolute Gasteiger partial charge is 0.220 e. The Kier molecular flexibility index (Phi) is 10.2. The van der Waals surface area contributed by atoms with Crippen molar-refractivity contribution in [3.05, 3.63) is 29.8 Å². The van der Waals surface area contributed by atoms with E-state index in [2.05, 4.69) is 12.2 Å². The van der Waals surface area contributed by atoms with Gasteiger partial charge in [0.05, 0.1) is 6.61 Å². The summed E-state index contributed by atoms with van der Waals surface area (Å²) in [6, 6.07) is 8.44. The highest BCUT2D eigenvalue weighted by molar-refractivity contribution is 5.76. The molecule has 0 unspecified atom stereocenters. The van der Waals surface area contributed by atoms with Crippen LogP contribution in [-0.2, 0) is 4.79 Å². The topological polar surface area (TPSA) is 38.3 Å². The average molecular weight is 360 g/mol. The minimum absolute atomic E-state index is 0.189. The fourth-order valence-corrected chi connectivity index (χ4v) is 3.66. The third-order valence-corrected chi connectivity index (χ3v) is 5.31. The van der Waals surface area contributed by atoms with Gasteiger partial charge in [-0.15, -0.1) is 0 Å². The molecule has 3 heteroatoms. The van der Waals surface area contributed by atoms with E-state index in [1.165, 1.54) is 63.4 Å². The zero-order valence-corrected chi connectivity index (χ0v) is 16.6. The molecule has 1 N–H and O–H groups in total. The number of rotatable bonds is 6. The van der Waals surface area contributed by atoms with Crippen LogP contribution in [0, 0.1) is 6.92 Å². The first-order valence-corrected chi connectivity index (χ1v) is 10.7. The SMILES string of the molecule is Cc1ccc(OCCCC(=O)NC2CCCCCCCCCCC2)cc1. The van der Waals surface area contributed by atoms with Gasteiger partial charge in [-0.25, -0.2) is 0 Å². The van der Waals surface area contributed by atoms with Crippen molar-refractivity contribution in [2.24, 2.45) is 0 Å². The Morgan fingerprint density at radius 2 is 1.46 bits per heavy atom. The third-order valence-electron chi connectivity index (χ3n) is 5.31. The number of nitrogens with one attached hydrogen (secondary N) is 1. The van der Waals surface area contributed by atoms with Crippen LogP contribution in [0.1, 0.15) is 89.0 Å². The van der Waals surface area contributed by atoms with E-state index in [9.17, 15) is 4.79 Å². The number of ether oxygens (including phenoxy) is 1. The van der Waals surface area contributed by atoms with Gasteiger partial charge in [0.25, 0.3) is 0 Å². The van der Waals surface area contributed by atoms with Gasteiger partial charge in [0, 0.05) is 12.5 Å². The first kappa shape index (κ1) is 20.8. The Bertz CT molecular complexity index is 485. The molecule has 1 aliphatic carbocycles. The molecule has 0 aliphatic heterocycles. The van der Waals surface area contributed by atoms with Crippen LogP contribution in [0.25, 0.3) is 0 Å². The zero-order chi connectivity index (χ0) is 18.5. The standard InChI is InChI=1S/C23H37NO2/c1-20-15-17-22(18-16-20)26-19-11-14-23(25)24-21-12-9-7-5-3-2-4-6-8-10-13-21/h15-18,21H,2-14,19H2,1H3,(H,24,25). The Labute approximate surface area is 159 Å². The molecular formula is C23H37NO2. The predicted molar refractivity (Wildman–Crippen MR) is 109 cm³/mol. The normalized spacial score (nSPS) is 17.7. The van der Waals surface area contributed by atoms with E-state index >= 15 is 0 Å². The van der Waals surface area contributed by atoms with Crippen molar-refractivity contribution in [3.8, 4) is 5.75 Å². The first-order valence-electron chi connectivity index (χ1n) is 10.7. The quantitative estimate of drug-likeness (QED) is 0.638. The van der Waals surface area contributed by atoms with Crippen molar-refractivity contribution < 1.29 is 9.53 Å². The van der Waals surface area contributed by atoms with E-state index in [1.54, 1.807) is 0 Å². The Balaban J connectivity index is 1.62. The highest BCUT2D eigenvalue weighted by atomic mass is 16.5. The molecule has 3 nitrogen and oxygen atoms in total. The van der Waals surface area contributed by atoms with Crippen molar-refractivity contribution in [2.75, 3.05) is 6.61 Å². The van der Waals surface area contributed by atoms with Crippen molar-refractivity contribution in [1.29, 1.82) is 0 Å². The number of amides is 1. The van der Waals surface area contributed by atoms with E-state index in [4.69, 9.17) is 4.74 Å². The van der Waals surface area contributed by atoms with Crippen molar-refractivity contribution in [3.63, 3.8) is 0 Å². The van der Waals surface area contributed by atoms with Crippen LogP contribution in [0.4, 0.5) is 0 Å². The highest BCUT2D eigenvalue weighted by Crippen LogP contribution is 2.17. The van der Waals surface area contributed by atoms with Gasteiger partial charge < -0.3 is 10.1 Å². The molecule has 26 heavy (non-hydrogen) atoms. The van der Waals surface area contributed by atoms with Crippen LogP contribution in [0.15, 0.2) is 24.3 Å². The largest absolute Gasteiger partial charge is 0.494 e. The highest BCUT2D eigenvalue weighted by Gasteiger charge is 2.12. The number of aryl methyl sites for hydroxylation is 1. The molecule has 1 fully saturated rings. The lowest BCUT2D eigenvalue weighted by Gasteiger charge is -2.19. The lowest BCUT2D eigenvalue weighted by atomic mass is 9.98. The van der Waals surface area contributed by atoms with Crippen molar-refractivity contribution >= 4 is 5.91 Å². The van der Waals surface area contributed by atoms with Crippen LogP contribution in [0.5, 0.6) is 5.75 Å². The maximum atomic E-state index is 12.3. The summed E-state index contributed by atoms with van der Waals surface area (Å²) in [7, 11) is 0. The van der Waals surface area contributed by atoms with Crippen molar-refractivity contribution in [2.45, 2.75) is 96.4 Å². The lowest BCUT2D eigenvalue weighted by molar-refractivity contribution is -0.122. The summed E-state index contributed by atoms with van der Waals surface area (Å²) in [5, 5.41) is 3.28. The van der Waals surface area contributed by atoms with Crippen LogP contribution in [0.3, 0.4) is 0 Å². The predicted octanol–water partition coefficient (Wildman–Crippen LogP) is 5.94. The zero-order valence-electron chi connectivity index (χ0n) is 16.6. The number of carbonyl (C=O) groups is 1. The monoisotopic (exact) mass is 359 g/mol. The average Bonchev–Trinajstić information content (AvgIpc) is 2.62. The van der Waals surface area contributed by atoms with E-state index in [0.717, 1.165) is 25.0 Å². The summed E-state index contributed by atoms with van der Waals surface area (Å²) >= 11 is 0. The van der Waals surface area contributed by atoms with Gasteiger partial charge >= 0.3 is 0 Å². The van der Waals surface area contributed by atoms with Gasteiger partial charge in [-0.2, -0.15) is 0 Å². The summed E-state index contributed by atoms with van der Waals surface area (Å²) in [4.78, 5) is 12.3. The molecule has 1 aromatic carbocycles. The molecule has 0 heterocycles. The molecule has 1 aromatic rings. The molecule has 0 saturated heterocycles. The molecule has 0 spiro atoms. The van der Waals surface area contributed by atoms with Gasteiger partial charge in [-0.05, 0) is 38.3 Å². The van der Waals surface area contributed by atoms with E-state index in [1.807, 2.05) is 24.3 Å². The number of hydrogen-bond acceptors (Lipinski definition) is 2. The molecular weight excluding hydrogens is 322 g/mol. The molecule has 1 aliphatic rings. The molecule has 1 saturated carbocycles. The molecule has 0 atom stereocenters. The first-order chi connectivity index (χ1) is 12.7. The molecule has 0 radical (unpaired) electrons. The number of benzene rings is 1. The second-order valence-corrected chi connectivity index (χ2v) is 7.79. The van der Waals surface area contributed by atoms with Gasteiger partial charge in [-0.1, -0.05) is 75.5 Å². The Morgan fingerprint density at radius 3 is 2.04 bits per heavy atom. The molecule has 1 amide bonds. The summed E-state index contributed by atoms with van der Waals surface area (Å²) in [5.74, 6) is 1.07. The van der Waals surface area contributed by atoms with Gasteiger partial charge in [0.2, 0.25) is 5.91 Å². The second kappa shape index (κ2) is 12.8. The Hall–Kier alpha value is -1.51. The van der Waals surface area contributed by atoms with Gasteiger partial charge in [-0.3, -0.25) is 4.79 Å². The third kappa shape index (κ3) is 9.26. The minimum Gasteiger partial charge on any atom is -0.494 e. The summed E-state index contributed by atoms with van der Waals surface area (Å²) in [6.07, 6.45) is 15.7. The second-order valence-electron chi connectivity index (χ2n) is 7.79. The van der Waals surface area contributed by atoms with Crippen LogP contribution < -0.4 is 10.1 Å². The molecule has 0 aromatic heterocycles. The van der Waals surface area contributed by atoms with Gasteiger partial charge in [0.1, 0.15) is 5.75 Å². The molecule has 2 rings (SSSR count). The van der Waals surface area contributed by atoms with Crippen molar-refractivity contribution in [1.82, 2.24) is 5.32 Å². The van der Waals surface area contributed by atoms with Crippen LogP contribution >= 0.6 is 0 Å².